The molecule has 24 heavy (non-hydrogen) atoms. The average molecular weight is 325 g/mol. The third-order valence-electron chi connectivity index (χ3n) is 3.87. The van der Waals surface area contributed by atoms with E-state index in [4.69, 9.17) is 9.47 Å². The summed E-state index contributed by atoms with van der Waals surface area (Å²) in [6, 6.07) is 11.3. The third-order valence-corrected chi connectivity index (χ3v) is 3.87. The molecule has 0 saturated carbocycles. The van der Waals surface area contributed by atoms with Gasteiger partial charge in [-0.25, -0.2) is 0 Å². The first-order valence-corrected chi connectivity index (χ1v) is 7.63. The molecule has 0 aliphatic carbocycles. The number of nitrogens with one attached hydrogen (secondary N) is 1. The molecule has 3 aromatic rings. The number of aromatic nitrogens is 1. The SMILES string of the molecule is CCc1ccc(N=Nc2c(O)[nH]c3cc(OC)c(OC)cc23)cc1. The molecule has 0 aliphatic rings. The molecule has 6 heteroatoms. The summed E-state index contributed by atoms with van der Waals surface area (Å²) in [6.45, 7) is 2.10. The smallest absolute Gasteiger partial charge is 0.218 e. The zero-order valence-electron chi connectivity index (χ0n) is 13.8. The highest BCUT2D eigenvalue weighted by Crippen LogP contribution is 2.41. The number of aromatic amines is 1. The van der Waals surface area contributed by atoms with Crippen molar-refractivity contribution in [2.75, 3.05) is 14.2 Å². The number of H-pyrrole nitrogens is 1. The summed E-state index contributed by atoms with van der Waals surface area (Å²) < 4.78 is 10.6. The number of nitrogens with zero attached hydrogens (tertiary/aromatic N) is 2. The van der Waals surface area contributed by atoms with Crippen molar-refractivity contribution in [2.45, 2.75) is 13.3 Å². The molecule has 2 N–H and O–H groups in total. The molecular formula is C18H19N3O3. The standard InChI is InChI=1S/C18H19N3O3/c1-4-11-5-7-12(8-6-11)20-21-17-13-9-15(23-2)16(24-3)10-14(13)19-18(17)22/h5-10,19,22H,4H2,1-3H3. The predicted octanol–water partition coefficient (Wildman–Crippen LogP) is 4.87. The molecule has 0 fully saturated rings. The Bertz CT molecular complexity index is 883. The quantitative estimate of drug-likeness (QED) is 0.657. The van der Waals surface area contributed by atoms with Crippen LogP contribution in [-0.4, -0.2) is 24.3 Å². The minimum atomic E-state index is -0.0470. The van der Waals surface area contributed by atoms with E-state index in [9.17, 15) is 5.11 Å². The van der Waals surface area contributed by atoms with Gasteiger partial charge in [-0.3, -0.25) is 0 Å². The van der Waals surface area contributed by atoms with E-state index in [1.807, 2.05) is 24.3 Å². The van der Waals surface area contributed by atoms with Crippen LogP contribution in [-0.2, 0) is 6.42 Å². The molecule has 0 saturated heterocycles. The lowest BCUT2D eigenvalue weighted by atomic mass is 10.2. The third kappa shape index (κ3) is 2.90. The first-order chi connectivity index (χ1) is 11.7. The number of hydrogen-bond acceptors (Lipinski definition) is 5. The Morgan fingerprint density at radius 3 is 2.29 bits per heavy atom. The normalized spacial score (nSPS) is 11.3. The van der Waals surface area contributed by atoms with Gasteiger partial charge in [-0.15, -0.1) is 5.11 Å². The summed E-state index contributed by atoms with van der Waals surface area (Å²) in [5, 5.41) is 19.2. The van der Waals surface area contributed by atoms with Gasteiger partial charge in [0.05, 0.1) is 25.4 Å². The Hall–Kier alpha value is -3.02. The monoisotopic (exact) mass is 325 g/mol. The molecule has 0 atom stereocenters. The van der Waals surface area contributed by atoms with Gasteiger partial charge in [0.2, 0.25) is 5.88 Å². The maximum atomic E-state index is 10.1. The Labute approximate surface area is 139 Å². The number of aromatic hydroxyl groups is 1. The maximum Gasteiger partial charge on any atom is 0.218 e. The van der Waals surface area contributed by atoms with Crippen molar-refractivity contribution < 1.29 is 14.6 Å². The highest BCUT2D eigenvalue weighted by Gasteiger charge is 2.15. The van der Waals surface area contributed by atoms with Crippen LogP contribution in [0.25, 0.3) is 10.9 Å². The molecule has 1 aromatic heterocycles. The topological polar surface area (TPSA) is 79.2 Å². The second-order valence-corrected chi connectivity index (χ2v) is 5.29. The van der Waals surface area contributed by atoms with E-state index in [2.05, 4.69) is 22.1 Å². The van der Waals surface area contributed by atoms with Crippen molar-refractivity contribution >= 4 is 22.3 Å². The number of azo groups is 1. The van der Waals surface area contributed by atoms with Crippen molar-refractivity contribution in [3.63, 3.8) is 0 Å². The first kappa shape index (κ1) is 15.9. The van der Waals surface area contributed by atoms with Crippen LogP contribution < -0.4 is 9.47 Å². The molecule has 0 radical (unpaired) electrons. The molecule has 0 aliphatic heterocycles. The summed E-state index contributed by atoms with van der Waals surface area (Å²) in [7, 11) is 3.12. The number of ether oxygens (including phenoxy) is 2. The number of benzene rings is 2. The Balaban J connectivity index is 2.01. The average Bonchev–Trinajstić information content (AvgIpc) is 2.93. The molecule has 0 bridgehead atoms. The van der Waals surface area contributed by atoms with Crippen LogP contribution in [0, 0.1) is 0 Å². The molecular weight excluding hydrogens is 306 g/mol. The van der Waals surface area contributed by atoms with Gasteiger partial charge in [0, 0.05) is 11.5 Å². The van der Waals surface area contributed by atoms with Gasteiger partial charge in [-0.2, -0.15) is 5.11 Å². The fourth-order valence-corrected chi connectivity index (χ4v) is 2.50. The van der Waals surface area contributed by atoms with Gasteiger partial charge in [0.15, 0.2) is 17.2 Å². The van der Waals surface area contributed by atoms with Crippen molar-refractivity contribution in [1.82, 2.24) is 4.98 Å². The molecule has 0 amide bonds. The molecule has 124 valence electrons. The van der Waals surface area contributed by atoms with Crippen molar-refractivity contribution in [3.05, 3.63) is 42.0 Å². The number of aryl methyl sites for hydroxylation is 1. The summed E-state index contributed by atoms with van der Waals surface area (Å²) in [5.41, 5.74) is 3.02. The van der Waals surface area contributed by atoms with Crippen LogP contribution in [0.15, 0.2) is 46.6 Å². The van der Waals surface area contributed by atoms with E-state index in [-0.39, 0.29) is 5.88 Å². The number of fused-ring (bicyclic) bond motifs is 1. The second kappa shape index (κ2) is 6.62. The second-order valence-electron chi connectivity index (χ2n) is 5.29. The van der Waals surface area contributed by atoms with Gasteiger partial charge in [-0.1, -0.05) is 19.1 Å². The van der Waals surface area contributed by atoms with Crippen LogP contribution in [0.3, 0.4) is 0 Å². The number of methoxy groups -OCH3 is 2. The Morgan fingerprint density at radius 1 is 1.00 bits per heavy atom. The molecule has 3 rings (SSSR count). The molecule has 0 spiro atoms. The van der Waals surface area contributed by atoms with Gasteiger partial charge >= 0.3 is 0 Å². The zero-order valence-corrected chi connectivity index (χ0v) is 13.8. The lowest BCUT2D eigenvalue weighted by molar-refractivity contribution is 0.356. The Morgan fingerprint density at radius 2 is 1.67 bits per heavy atom. The number of rotatable bonds is 5. The van der Waals surface area contributed by atoms with Crippen LogP contribution in [0.4, 0.5) is 11.4 Å². The van der Waals surface area contributed by atoms with Crippen LogP contribution in [0.5, 0.6) is 17.4 Å². The van der Waals surface area contributed by atoms with Gasteiger partial charge < -0.3 is 19.6 Å². The van der Waals surface area contributed by atoms with E-state index in [1.54, 1.807) is 26.4 Å². The first-order valence-electron chi connectivity index (χ1n) is 7.63. The fraction of sp³-hybridized carbons (Fsp3) is 0.222. The summed E-state index contributed by atoms with van der Waals surface area (Å²) in [6.07, 6.45) is 0.974. The molecule has 6 nitrogen and oxygen atoms in total. The number of hydrogen-bond donors (Lipinski definition) is 2. The largest absolute Gasteiger partial charge is 0.493 e. The highest BCUT2D eigenvalue weighted by atomic mass is 16.5. The van der Waals surface area contributed by atoms with Gasteiger partial charge in [0.25, 0.3) is 0 Å². The van der Waals surface area contributed by atoms with Crippen molar-refractivity contribution in [2.24, 2.45) is 10.2 Å². The predicted molar refractivity (Wildman–Crippen MR) is 93.1 cm³/mol. The minimum absolute atomic E-state index is 0.0470. The molecule has 2 aromatic carbocycles. The molecule has 0 unspecified atom stereocenters. The van der Waals surface area contributed by atoms with Crippen molar-refractivity contribution in [3.8, 4) is 17.4 Å². The van der Waals surface area contributed by atoms with Gasteiger partial charge in [-0.05, 0) is 30.2 Å². The fourth-order valence-electron chi connectivity index (χ4n) is 2.50. The minimum Gasteiger partial charge on any atom is -0.493 e. The van der Waals surface area contributed by atoms with E-state index < -0.39 is 0 Å². The summed E-state index contributed by atoms with van der Waals surface area (Å²) >= 11 is 0. The Kier molecular flexibility index (Phi) is 4.37. The summed E-state index contributed by atoms with van der Waals surface area (Å²) in [4.78, 5) is 2.87. The lowest BCUT2D eigenvalue weighted by Crippen LogP contribution is -1.89. The van der Waals surface area contributed by atoms with E-state index in [0.29, 0.717) is 28.1 Å². The highest BCUT2D eigenvalue weighted by molar-refractivity contribution is 5.96. The van der Waals surface area contributed by atoms with E-state index >= 15 is 0 Å². The summed E-state index contributed by atoms with van der Waals surface area (Å²) in [5.74, 6) is 1.09. The van der Waals surface area contributed by atoms with Crippen LogP contribution in [0.1, 0.15) is 12.5 Å². The maximum absolute atomic E-state index is 10.1. The zero-order chi connectivity index (χ0) is 17.1. The van der Waals surface area contributed by atoms with E-state index in [1.165, 1.54) is 5.56 Å². The van der Waals surface area contributed by atoms with Crippen LogP contribution >= 0.6 is 0 Å². The lowest BCUT2D eigenvalue weighted by Gasteiger charge is -2.06. The molecule has 1 heterocycles. The van der Waals surface area contributed by atoms with Gasteiger partial charge in [0.1, 0.15) is 0 Å². The van der Waals surface area contributed by atoms with E-state index in [0.717, 1.165) is 12.1 Å². The van der Waals surface area contributed by atoms with Crippen molar-refractivity contribution in [1.29, 1.82) is 0 Å². The van der Waals surface area contributed by atoms with Crippen LogP contribution in [0.2, 0.25) is 0 Å².